The molecule has 4 heteroatoms. The molecule has 0 radical (unpaired) electrons. The van der Waals surface area contributed by atoms with E-state index >= 15 is 0 Å². The third-order valence-electron chi connectivity index (χ3n) is 2.94. The molecular weight excluding hydrogens is 218 g/mol. The molecule has 1 aromatic heterocycles. The summed E-state index contributed by atoms with van der Waals surface area (Å²) in [5, 5.41) is 20.0. The quantitative estimate of drug-likeness (QED) is 0.740. The van der Waals surface area contributed by atoms with Gasteiger partial charge in [0.25, 0.3) is 0 Å². The lowest BCUT2D eigenvalue weighted by molar-refractivity contribution is 0.0330. The lowest BCUT2D eigenvalue weighted by atomic mass is 9.85. The third kappa shape index (κ3) is 2.65. The number of aliphatic hydroxyl groups excluding tert-OH is 1. The molecule has 0 saturated heterocycles. The zero-order chi connectivity index (χ0) is 12.9. The summed E-state index contributed by atoms with van der Waals surface area (Å²) in [4.78, 5) is 4.02. The predicted octanol–water partition coefficient (Wildman–Crippen LogP) is 1.76. The van der Waals surface area contributed by atoms with Gasteiger partial charge in [0.05, 0.1) is 19.3 Å². The number of hydrogen-bond donors (Lipinski definition) is 2. The zero-order valence-corrected chi connectivity index (χ0v) is 10.3. The summed E-state index contributed by atoms with van der Waals surface area (Å²) in [5.74, 6) is 0.348. The third-order valence-corrected chi connectivity index (χ3v) is 2.94. The average Bonchev–Trinajstić information content (AvgIpc) is 2.37. The van der Waals surface area contributed by atoms with Crippen LogP contribution in [0.3, 0.4) is 0 Å². The number of hydrogen-bond acceptors (Lipinski definition) is 4. The van der Waals surface area contributed by atoms with Gasteiger partial charge in [0.2, 0.25) is 5.88 Å². The molecule has 1 heterocycles. The molecule has 0 amide bonds. The van der Waals surface area contributed by atoms with Crippen LogP contribution in [0, 0.1) is 0 Å². The molecule has 17 heavy (non-hydrogen) atoms. The standard InChI is InChI=1S/C13H19NO3/c1-4-7-13(16,5-2)11-6-8-14-12(17-3)10(11)9-15/h4,6,8,15-16H,1,5,7,9H2,2-3H3/t13-/m1/s1. The number of pyridine rings is 1. The van der Waals surface area contributed by atoms with E-state index in [0.717, 1.165) is 0 Å². The fourth-order valence-corrected chi connectivity index (χ4v) is 1.92. The Balaban J connectivity index is 3.32. The Morgan fingerprint density at radius 3 is 2.76 bits per heavy atom. The van der Waals surface area contributed by atoms with Gasteiger partial charge < -0.3 is 14.9 Å². The Morgan fingerprint density at radius 2 is 2.29 bits per heavy atom. The SMILES string of the molecule is C=CC[C@](O)(CC)c1ccnc(OC)c1CO. The lowest BCUT2D eigenvalue weighted by Gasteiger charge is -2.28. The topological polar surface area (TPSA) is 62.6 Å². The highest BCUT2D eigenvalue weighted by atomic mass is 16.5. The van der Waals surface area contributed by atoms with E-state index in [2.05, 4.69) is 11.6 Å². The van der Waals surface area contributed by atoms with E-state index in [0.29, 0.717) is 29.8 Å². The van der Waals surface area contributed by atoms with Crippen molar-refractivity contribution >= 4 is 0 Å². The number of methoxy groups -OCH3 is 1. The van der Waals surface area contributed by atoms with Crippen molar-refractivity contribution in [1.82, 2.24) is 4.98 Å². The monoisotopic (exact) mass is 237 g/mol. The molecule has 1 aromatic rings. The Labute approximate surface area is 102 Å². The van der Waals surface area contributed by atoms with Gasteiger partial charge in [0.1, 0.15) is 0 Å². The Morgan fingerprint density at radius 1 is 1.59 bits per heavy atom. The molecule has 0 unspecified atom stereocenters. The minimum Gasteiger partial charge on any atom is -0.481 e. The van der Waals surface area contributed by atoms with Crippen LogP contribution in [0.5, 0.6) is 5.88 Å². The smallest absolute Gasteiger partial charge is 0.218 e. The van der Waals surface area contributed by atoms with Crippen molar-refractivity contribution in [3.8, 4) is 5.88 Å². The van der Waals surface area contributed by atoms with Crippen molar-refractivity contribution in [2.24, 2.45) is 0 Å². The van der Waals surface area contributed by atoms with Crippen LogP contribution in [-0.4, -0.2) is 22.3 Å². The first-order valence-electron chi connectivity index (χ1n) is 5.59. The molecule has 0 saturated carbocycles. The second kappa shape index (κ2) is 5.80. The molecule has 0 fully saturated rings. The zero-order valence-electron chi connectivity index (χ0n) is 10.3. The number of ether oxygens (including phenoxy) is 1. The van der Waals surface area contributed by atoms with E-state index in [9.17, 15) is 10.2 Å². The van der Waals surface area contributed by atoms with Crippen molar-refractivity contribution < 1.29 is 14.9 Å². The molecule has 0 spiro atoms. The van der Waals surface area contributed by atoms with Gasteiger partial charge in [0.15, 0.2) is 0 Å². The lowest BCUT2D eigenvalue weighted by Crippen LogP contribution is -2.26. The largest absolute Gasteiger partial charge is 0.481 e. The summed E-state index contributed by atoms with van der Waals surface area (Å²) >= 11 is 0. The van der Waals surface area contributed by atoms with Gasteiger partial charge in [-0.05, 0) is 24.5 Å². The van der Waals surface area contributed by atoms with Gasteiger partial charge in [-0.15, -0.1) is 6.58 Å². The van der Waals surface area contributed by atoms with Crippen LogP contribution < -0.4 is 4.74 Å². The molecule has 0 aromatic carbocycles. The maximum absolute atomic E-state index is 10.6. The maximum Gasteiger partial charge on any atom is 0.218 e. The second-order valence-corrected chi connectivity index (χ2v) is 3.88. The Hall–Kier alpha value is -1.39. The molecule has 0 aliphatic carbocycles. The summed E-state index contributed by atoms with van der Waals surface area (Å²) in [6, 6.07) is 1.71. The summed E-state index contributed by atoms with van der Waals surface area (Å²) in [5.41, 5.74) is 0.145. The van der Waals surface area contributed by atoms with E-state index in [1.54, 1.807) is 18.3 Å². The average molecular weight is 237 g/mol. The first-order chi connectivity index (χ1) is 8.12. The van der Waals surface area contributed by atoms with E-state index in [-0.39, 0.29) is 6.61 Å². The Kier molecular flexibility index (Phi) is 4.66. The second-order valence-electron chi connectivity index (χ2n) is 3.88. The molecule has 94 valence electrons. The van der Waals surface area contributed by atoms with Crippen molar-refractivity contribution in [3.63, 3.8) is 0 Å². The highest BCUT2D eigenvalue weighted by Crippen LogP contribution is 2.34. The van der Waals surface area contributed by atoms with Gasteiger partial charge in [-0.2, -0.15) is 0 Å². The summed E-state index contributed by atoms with van der Waals surface area (Å²) in [7, 11) is 1.49. The Bertz CT molecular complexity index is 392. The maximum atomic E-state index is 10.6. The fraction of sp³-hybridized carbons (Fsp3) is 0.462. The highest BCUT2D eigenvalue weighted by molar-refractivity contribution is 5.38. The summed E-state index contributed by atoms with van der Waals surface area (Å²) in [6.07, 6.45) is 4.18. The van der Waals surface area contributed by atoms with Gasteiger partial charge in [0, 0.05) is 11.8 Å². The van der Waals surface area contributed by atoms with Gasteiger partial charge >= 0.3 is 0 Å². The van der Waals surface area contributed by atoms with Gasteiger partial charge in [-0.3, -0.25) is 0 Å². The molecule has 1 rings (SSSR count). The van der Waals surface area contributed by atoms with Crippen molar-refractivity contribution in [3.05, 3.63) is 36.0 Å². The molecule has 0 aliphatic heterocycles. The van der Waals surface area contributed by atoms with Crippen LogP contribution in [0.4, 0.5) is 0 Å². The van der Waals surface area contributed by atoms with Crippen molar-refractivity contribution in [2.45, 2.75) is 32.0 Å². The van der Waals surface area contributed by atoms with Crippen LogP contribution >= 0.6 is 0 Å². The van der Waals surface area contributed by atoms with Crippen LogP contribution in [0.1, 0.15) is 30.9 Å². The van der Waals surface area contributed by atoms with E-state index in [1.165, 1.54) is 7.11 Å². The van der Waals surface area contributed by atoms with Gasteiger partial charge in [-0.1, -0.05) is 13.0 Å². The van der Waals surface area contributed by atoms with Crippen molar-refractivity contribution in [1.29, 1.82) is 0 Å². The molecule has 2 N–H and O–H groups in total. The van der Waals surface area contributed by atoms with Crippen LogP contribution in [0.15, 0.2) is 24.9 Å². The highest BCUT2D eigenvalue weighted by Gasteiger charge is 2.29. The molecule has 0 bridgehead atoms. The molecular formula is C13H19NO3. The fourth-order valence-electron chi connectivity index (χ4n) is 1.92. The first-order valence-corrected chi connectivity index (χ1v) is 5.59. The number of aliphatic hydroxyl groups is 2. The van der Waals surface area contributed by atoms with E-state index in [1.807, 2.05) is 6.92 Å². The van der Waals surface area contributed by atoms with Crippen LogP contribution in [0.25, 0.3) is 0 Å². The molecule has 0 aliphatic rings. The van der Waals surface area contributed by atoms with Gasteiger partial charge in [-0.25, -0.2) is 4.98 Å². The minimum absolute atomic E-state index is 0.216. The summed E-state index contributed by atoms with van der Waals surface area (Å²) < 4.78 is 5.09. The van der Waals surface area contributed by atoms with E-state index < -0.39 is 5.60 Å². The molecule has 4 nitrogen and oxygen atoms in total. The first kappa shape index (κ1) is 13.7. The van der Waals surface area contributed by atoms with Crippen molar-refractivity contribution in [2.75, 3.05) is 7.11 Å². The molecule has 1 atom stereocenters. The van der Waals surface area contributed by atoms with Crippen LogP contribution in [-0.2, 0) is 12.2 Å². The predicted molar refractivity (Wildman–Crippen MR) is 65.7 cm³/mol. The number of aromatic nitrogens is 1. The summed E-state index contributed by atoms with van der Waals surface area (Å²) in [6.45, 7) is 5.32. The number of rotatable bonds is 6. The van der Waals surface area contributed by atoms with Crippen LogP contribution in [0.2, 0.25) is 0 Å². The minimum atomic E-state index is -1.03. The van der Waals surface area contributed by atoms with E-state index in [4.69, 9.17) is 4.74 Å². The normalized spacial score (nSPS) is 14.1. The number of nitrogens with zero attached hydrogens (tertiary/aromatic N) is 1.